The van der Waals surface area contributed by atoms with Gasteiger partial charge in [-0.05, 0) is 63.0 Å². The van der Waals surface area contributed by atoms with Crippen LogP contribution in [0.4, 0.5) is 5.69 Å². The Morgan fingerprint density at radius 2 is 1.79 bits per heavy atom. The molecule has 0 aliphatic carbocycles. The summed E-state index contributed by atoms with van der Waals surface area (Å²) in [6.45, 7) is 3.91. The van der Waals surface area contributed by atoms with Crippen LogP contribution in [-0.4, -0.2) is 32.7 Å². The van der Waals surface area contributed by atoms with Crippen LogP contribution < -0.4 is 10.6 Å². The average Bonchev–Trinajstić information content (AvgIpc) is 3.02. The third kappa shape index (κ3) is 5.54. The van der Waals surface area contributed by atoms with Crippen LogP contribution in [-0.2, 0) is 11.8 Å². The molecule has 148 valence electrons. The maximum atomic E-state index is 12.6. The maximum absolute atomic E-state index is 12.6. The number of nitrogens with zero attached hydrogens (tertiary/aromatic N) is 4. The second-order valence-electron chi connectivity index (χ2n) is 6.22. The molecule has 9 heteroatoms. The molecule has 0 radical (unpaired) electrons. The van der Waals surface area contributed by atoms with Gasteiger partial charge in [0.2, 0.25) is 5.91 Å². The first-order valence-corrected chi connectivity index (χ1v) is 9.33. The SMILES string of the molecule is CNC(C(=O)Nc1ccc(Sc2nc(C)cc(C)n2)cc1)c1cnn(C)c1.Cl. The van der Waals surface area contributed by atoms with Crippen molar-refractivity contribution in [3.8, 4) is 0 Å². The number of carbonyl (C=O) groups is 1. The van der Waals surface area contributed by atoms with Gasteiger partial charge < -0.3 is 10.6 Å². The fourth-order valence-corrected chi connectivity index (χ4v) is 3.57. The van der Waals surface area contributed by atoms with Gasteiger partial charge in [-0.3, -0.25) is 9.48 Å². The van der Waals surface area contributed by atoms with Crippen molar-refractivity contribution in [2.45, 2.75) is 29.9 Å². The van der Waals surface area contributed by atoms with E-state index in [2.05, 4.69) is 25.7 Å². The third-order valence-corrected chi connectivity index (χ3v) is 4.77. The summed E-state index contributed by atoms with van der Waals surface area (Å²) in [5, 5.41) is 10.8. The lowest BCUT2D eigenvalue weighted by Crippen LogP contribution is -2.30. The van der Waals surface area contributed by atoms with E-state index < -0.39 is 6.04 Å². The van der Waals surface area contributed by atoms with Gasteiger partial charge in [-0.2, -0.15) is 5.10 Å². The normalized spacial score (nSPS) is 11.6. The van der Waals surface area contributed by atoms with Crippen LogP contribution in [0.2, 0.25) is 0 Å². The summed E-state index contributed by atoms with van der Waals surface area (Å²) in [4.78, 5) is 22.4. The number of nitrogens with one attached hydrogen (secondary N) is 2. The Morgan fingerprint density at radius 1 is 1.14 bits per heavy atom. The Balaban J connectivity index is 0.00000280. The highest BCUT2D eigenvalue weighted by molar-refractivity contribution is 7.99. The Kier molecular flexibility index (Phi) is 7.56. The van der Waals surface area contributed by atoms with Gasteiger partial charge in [0, 0.05) is 40.8 Å². The number of likely N-dealkylation sites (N-methyl/N-ethyl adjacent to an activating group) is 1. The van der Waals surface area contributed by atoms with E-state index in [1.807, 2.05) is 57.4 Å². The van der Waals surface area contributed by atoms with E-state index in [1.165, 1.54) is 11.8 Å². The fourth-order valence-electron chi connectivity index (χ4n) is 2.70. The molecule has 1 atom stereocenters. The number of carbonyl (C=O) groups excluding carboxylic acids is 1. The first-order valence-electron chi connectivity index (χ1n) is 8.51. The quantitative estimate of drug-likeness (QED) is 0.597. The van der Waals surface area contributed by atoms with Crippen LogP contribution in [0.5, 0.6) is 0 Å². The molecule has 0 spiro atoms. The van der Waals surface area contributed by atoms with E-state index in [0.29, 0.717) is 0 Å². The summed E-state index contributed by atoms with van der Waals surface area (Å²) in [7, 11) is 3.57. The molecule has 0 aliphatic heterocycles. The van der Waals surface area contributed by atoms with Crippen molar-refractivity contribution < 1.29 is 4.79 Å². The lowest BCUT2D eigenvalue weighted by Gasteiger charge is -2.14. The van der Waals surface area contributed by atoms with Gasteiger partial charge in [0.15, 0.2) is 5.16 Å². The van der Waals surface area contributed by atoms with Gasteiger partial charge in [0.05, 0.1) is 6.20 Å². The van der Waals surface area contributed by atoms with E-state index in [9.17, 15) is 4.79 Å². The summed E-state index contributed by atoms with van der Waals surface area (Å²) >= 11 is 1.50. The molecule has 0 fully saturated rings. The first-order chi connectivity index (χ1) is 12.9. The monoisotopic (exact) mass is 418 g/mol. The number of hydrogen-bond acceptors (Lipinski definition) is 6. The van der Waals surface area contributed by atoms with Crippen LogP contribution in [0.25, 0.3) is 0 Å². The fraction of sp³-hybridized carbons (Fsp3) is 0.263. The maximum Gasteiger partial charge on any atom is 0.246 e. The lowest BCUT2D eigenvalue weighted by molar-refractivity contribution is -0.118. The number of aromatic nitrogens is 4. The Bertz CT molecular complexity index is 924. The molecule has 7 nitrogen and oxygen atoms in total. The van der Waals surface area contributed by atoms with Crippen molar-refractivity contribution >= 4 is 35.8 Å². The molecule has 2 heterocycles. The highest BCUT2D eigenvalue weighted by Crippen LogP contribution is 2.26. The number of hydrogen-bond donors (Lipinski definition) is 2. The van der Waals surface area contributed by atoms with E-state index in [1.54, 1.807) is 17.9 Å². The largest absolute Gasteiger partial charge is 0.324 e. The van der Waals surface area contributed by atoms with E-state index in [-0.39, 0.29) is 18.3 Å². The molecule has 3 rings (SSSR count). The Hall–Kier alpha value is -2.42. The third-order valence-electron chi connectivity index (χ3n) is 3.90. The Morgan fingerprint density at radius 3 is 2.32 bits per heavy atom. The minimum Gasteiger partial charge on any atom is -0.324 e. The van der Waals surface area contributed by atoms with Crippen molar-refractivity contribution in [2.75, 3.05) is 12.4 Å². The predicted molar refractivity (Wildman–Crippen MR) is 113 cm³/mol. The summed E-state index contributed by atoms with van der Waals surface area (Å²) in [5.41, 5.74) is 3.44. The first kappa shape index (κ1) is 21.9. The molecule has 1 aromatic carbocycles. The van der Waals surface area contributed by atoms with Crippen molar-refractivity contribution in [1.82, 2.24) is 25.1 Å². The van der Waals surface area contributed by atoms with Gasteiger partial charge in [0.25, 0.3) is 0 Å². The van der Waals surface area contributed by atoms with Crippen molar-refractivity contribution in [3.05, 3.63) is 59.7 Å². The van der Waals surface area contributed by atoms with Crippen LogP contribution in [0.3, 0.4) is 0 Å². The van der Waals surface area contributed by atoms with E-state index in [0.717, 1.165) is 32.7 Å². The van der Waals surface area contributed by atoms with Crippen molar-refractivity contribution in [3.63, 3.8) is 0 Å². The summed E-state index contributed by atoms with van der Waals surface area (Å²) in [6, 6.07) is 9.12. The molecule has 2 N–H and O–H groups in total. The van der Waals surface area contributed by atoms with Crippen LogP contribution in [0, 0.1) is 13.8 Å². The summed E-state index contributed by atoms with van der Waals surface area (Å²) in [6.07, 6.45) is 3.51. The zero-order valence-electron chi connectivity index (χ0n) is 16.1. The van der Waals surface area contributed by atoms with Crippen LogP contribution in [0.1, 0.15) is 23.0 Å². The highest BCUT2D eigenvalue weighted by Gasteiger charge is 2.20. The van der Waals surface area contributed by atoms with Crippen molar-refractivity contribution in [1.29, 1.82) is 0 Å². The molecule has 0 saturated carbocycles. The second kappa shape index (κ2) is 9.68. The van der Waals surface area contributed by atoms with Gasteiger partial charge in [-0.25, -0.2) is 9.97 Å². The summed E-state index contributed by atoms with van der Waals surface area (Å²) < 4.78 is 1.67. The minimum absolute atomic E-state index is 0. The molecule has 0 aliphatic rings. The average molecular weight is 419 g/mol. The molecule has 3 aromatic rings. The van der Waals surface area contributed by atoms with Gasteiger partial charge in [-0.1, -0.05) is 0 Å². The van der Waals surface area contributed by atoms with Gasteiger partial charge in [0.1, 0.15) is 6.04 Å². The topological polar surface area (TPSA) is 84.7 Å². The Labute approximate surface area is 174 Å². The standard InChI is InChI=1S/C19H22N6OS.ClH/c1-12-9-13(2)23-19(22-12)27-16-7-5-15(6-8-16)24-18(26)17(20-3)14-10-21-25(4)11-14;/h5-11,17,20H,1-4H3,(H,24,26);1H. The summed E-state index contributed by atoms with van der Waals surface area (Å²) in [5.74, 6) is -0.136. The van der Waals surface area contributed by atoms with Crippen molar-refractivity contribution in [2.24, 2.45) is 7.05 Å². The number of anilines is 1. The number of aryl methyl sites for hydroxylation is 3. The van der Waals surface area contributed by atoms with E-state index in [4.69, 9.17) is 0 Å². The molecule has 2 aromatic heterocycles. The smallest absolute Gasteiger partial charge is 0.246 e. The number of halogens is 1. The van der Waals surface area contributed by atoms with E-state index >= 15 is 0 Å². The highest BCUT2D eigenvalue weighted by atomic mass is 35.5. The molecule has 0 saturated heterocycles. The minimum atomic E-state index is -0.462. The molecular weight excluding hydrogens is 396 g/mol. The molecular formula is C19H23ClN6OS. The predicted octanol–water partition coefficient (Wildman–Crippen LogP) is 3.30. The zero-order chi connectivity index (χ0) is 19.4. The molecule has 28 heavy (non-hydrogen) atoms. The molecule has 0 bridgehead atoms. The molecule has 1 unspecified atom stereocenters. The van der Waals surface area contributed by atoms with Gasteiger partial charge >= 0.3 is 0 Å². The number of amides is 1. The number of rotatable bonds is 6. The molecule has 1 amide bonds. The second-order valence-corrected chi connectivity index (χ2v) is 7.26. The number of benzene rings is 1. The van der Waals surface area contributed by atoms with Gasteiger partial charge in [-0.15, -0.1) is 12.4 Å². The lowest BCUT2D eigenvalue weighted by atomic mass is 10.1. The van der Waals surface area contributed by atoms with Crippen LogP contribution in [0.15, 0.2) is 52.8 Å². The zero-order valence-corrected chi connectivity index (χ0v) is 17.8. The van der Waals surface area contributed by atoms with Crippen LogP contribution >= 0.6 is 24.2 Å².